The molecule has 1 amide bonds. The van der Waals surface area contributed by atoms with Crippen LogP contribution >= 0.6 is 0 Å². The number of amides is 1. The van der Waals surface area contributed by atoms with Gasteiger partial charge >= 0.3 is 0 Å². The number of likely N-dealkylation sites (tertiary alicyclic amines) is 1. The monoisotopic (exact) mass is 260 g/mol. The Kier molecular flexibility index (Phi) is 4.97. The molecule has 0 unspecified atom stereocenters. The van der Waals surface area contributed by atoms with Crippen LogP contribution in [-0.2, 0) is 4.79 Å². The van der Waals surface area contributed by atoms with Crippen molar-refractivity contribution in [1.82, 2.24) is 10.2 Å². The van der Waals surface area contributed by atoms with Crippen LogP contribution in [-0.4, -0.2) is 29.9 Å². The van der Waals surface area contributed by atoms with E-state index in [-0.39, 0.29) is 18.0 Å². The van der Waals surface area contributed by atoms with Crippen LogP contribution in [0.2, 0.25) is 0 Å². The molecule has 1 aromatic rings. The Morgan fingerprint density at radius 3 is 2.37 bits per heavy atom. The molecule has 1 N–H and O–H groups in total. The van der Waals surface area contributed by atoms with Gasteiger partial charge < -0.3 is 5.32 Å². The SMILES string of the molecule is C[C@H](NC(=O)[C@@H](C)N1CCCCC1)c1ccccc1. The van der Waals surface area contributed by atoms with E-state index in [1.807, 2.05) is 32.0 Å². The summed E-state index contributed by atoms with van der Waals surface area (Å²) in [5, 5.41) is 3.11. The maximum absolute atomic E-state index is 12.3. The molecule has 19 heavy (non-hydrogen) atoms. The van der Waals surface area contributed by atoms with E-state index in [4.69, 9.17) is 0 Å². The average Bonchev–Trinajstić information content (AvgIpc) is 2.48. The fourth-order valence-corrected chi connectivity index (χ4v) is 2.63. The lowest BCUT2D eigenvalue weighted by Crippen LogP contribution is -2.47. The van der Waals surface area contributed by atoms with Crippen molar-refractivity contribution in [3.63, 3.8) is 0 Å². The molecule has 3 nitrogen and oxygen atoms in total. The maximum atomic E-state index is 12.3. The molecule has 0 radical (unpaired) electrons. The van der Waals surface area contributed by atoms with E-state index in [2.05, 4.69) is 22.3 Å². The lowest BCUT2D eigenvalue weighted by molar-refractivity contribution is -0.126. The van der Waals surface area contributed by atoms with Crippen molar-refractivity contribution in [3.05, 3.63) is 35.9 Å². The molecule has 104 valence electrons. The van der Waals surface area contributed by atoms with Crippen molar-refractivity contribution < 1.29 is 4.79 Å². The number of piperidine rings is 1. The molecule has 0 spiro atoms. The minimum atomic E-state index is -0.0218. The summed E-state index contributed by atoms with van der Waals surface area (Å²) in [5.74, 6) is 0.137. The minimum absolute atomic E-state index is 0.0218. The normalized spacial score (nSPS) is 19.7. The Morgan fingerprint density at radius 2 is 1.74 bits per heavy atom. The maximum Gasteiger partial charge on any atom is 0.237 e. The van der Waals surface area contributed by atoms with Crippen molar-refractivity contribution in [2.45, 2.75) is 45.2 Å². The third kappa shape index (κ3) is 3.80. The lowest BCUT2D eigenvalue weighted by Gasteiger charge is -2.32. The highest BCUT2D eigenvalue weighted by molar-refractivity contribution is 5.81. The molecule has 2 atom stereocenters. The standard InChI is InChI=1S/C16H24N2O/c1-13(15-9-5-3-6-10-15)17-16(19)14(2)18-11-7-4-8-12-18/h3,5-6,9-10,13-14H,4,7-8,11-12H2,1-2H3,(H,17,19)/t13-,14+/m0/s1. The summed E-state index contributed by atoms with van der Waals surface area (Å²) < 4.78 is 0. The first kappa shape index (κ1) is 14.1. The molecule has 0 aromatic heterocycles. The van der Waals surface area contributed by atoms with E-state index in [9.17, 15) is 4.79 Å². The smallest absolute Gasteiger partial charge is 0.237 e. The first-order valence-electron chi connectivity index (χ1n) is 7.28. The topological polar surface area (TPSA) is 32.3 Å². The van der Waals surface area contributed by atoms with Crippen LogP contribution in [0, 0.1) is 0 Å². The number of rotatable bonds is 4. The fraction of sp³-hybridized carbons (Fsp3) is 0.562. The molecule has 2 rings (SSSR count). The summed E-state index contributed by atoms with van der Waals surface area (Å²) >= 11 is 0. The first-order chi connectivity index (χ1) is 9.18. The van der Waals surface area contributed by atoms with E-state index >= 15 is 0 Å². The van der Waals surface area contributed by atoms with Gasteiger partial charge in [0, 0.05) is 0 Å². The first-order valence-corrected chi connectivity index (χ1v) is 7.28. The molecule has 3 heteroatoms. The van der Waals surface area contributed by atoms with Gasteiger partial charge in [-0.2, -0.15) is 0 Å². The molecule has 0 aliphatic carbocycles. The van der Waals surface area contributed by atoms with Crippen LogP contribution in [0.1, 0.15) is 44.7 Å². The van der Waals surface area contributed by atoms with E-state index in [1.165, 1.54) is 19.3 Å². The Hall–Kier alpha value is -1.35. The Bertz CT molecular complexity index is 398. The molecule has 1 aliphatic rings. The number of nitrogens with one attached hydrogen (secondary N) is 1. The Morgan fingerprint density at radius 1 is 1.11 bits per heavy atom. The largest absolute Gasteiger partial charge is 0.348 e. The van der Waals surface area contributed by atoms with Crippen LogP contribution in [0.25, 0.3) is 0 Å². The minimum Gasteiger partial charge on any atom is -0.348 e. The fourth-order valence-electron chi connectivity index (χ4n) is 2.63. The predicted octanol–water partition coefficient (Wildman–Crippen LogP) is 2.74. The van der Waals surface area contributed by atoms with Gasteiger partial charge in [0.2, 0.25) is 5.91 Å². The van der Waals surface area contributed by atoms with Crippen molar-refractivity contribution in [1.29, 1.82) is 0 Å². The van der Waals surface area contributed by atoms with Gasteiger partial charge in [-0.1, -0.05) is 36.8 Å². The summed E-state index contributed by atoms with van der Waals surface area (Å²) in [6, 6.07) is 10.2. The van der Waals surface area contributed by atoms with Crippen LogP contribution < -0.4 is 5.32 Å². The van der Waals surface area contributed by atoms with Gasteiger partial charge in [0.1, 0.15) is 0 Å². The molecular formula is C16H24N2O. The Balaban J connectivity index is 1.89. The number of benzene rings is 1. The number of nitrogens with zero attached hydrogens (tertiary/aromatic N) is 1. The number of carbonyl (C=O) groups excluding carboxylic acids is 1. The molecule has 0 bridgehead atoms. The van der Waals surface area contributed by atoms with Gasteiger partial charge in [0.25, 0.3) is 0 Å². The van der Waals surface area contributed by atoms with E-state index in [0.29, 0.717) is 0 Å². The lowest BCUT2D eigenvalue weighted by atomic mass is 10.1. The molecule has 1 heterocycles. The van der Waals surface area contributed by atoms with Gasteiger partial charge in [-0.3, -0.25) is 9.69 Å². The number of hydrogen-bond acceptors (Lipinski definition) is 2. The van der Waals surface area contributed by atoms with E-state index < -0.39 is 0 Å². The summed E-state index contributed by atoms with van der Waals surface area (Å²) in [6.45, 7) is 6.15. The second-order valence-electron chi connectivity index (χ2n) is 5.41. The van der Waals surface area contributed by atoms with Crippen LogP contribution in [0.15, 0.2) is 30.3 Å². The third-order valence-electron chi connectivity index (χ3n) is 3.98. The van der Waals surface area contributed by atoms with E-state index in [1.54, 1.807) is 0 Å². The quantitative estimate of drug-likeness (QED) is 0.903. The zero-order chi connectivity index (χ0) is 13.7. The molecule has 1 fully saturated rings. The highest BCUT2D eigenvalue weighted by Crippen LogP contribution is 2.15. The third-order valence-corrected chi connectivity index (χ3v) is 3.98. The zero-order valence-corrected chi connectivity index (χ0v) is 11.9. The summed E-state index contributed by atoms with van der Waals surface area (Å²) in [6.07, 6.45) is 3.73. The molecule has 1 saturated heterocycles. The van der Waals surface area contributed by atoms with Crippen molar-refractivity contribution in [2.24, 2.45) is 0 Å². The molecular weight excluding hydrogens is 236 g/mol. The van der Waals surface area contributed by atoms with Gasteiger partial charge in [-0.05, 0) is 45.3 Å². The summed E-state index contributed by atoms with van der Waals surface area (Å²) in [4.78, 5) is 14.6. The number of hydrogen-bond donors (Lipinski definition) is 1. The second-order valence-corrected chi connectivity index (χ2v) is 5.41. The van der Waals surface area contributed by atoms with Gasteiger partial charge in [-0.15, -0.1) is 0 Å². The van der Waals surface area contributed by atoms with Crippen LogP contribution in [0.3, 0.4) is 0 Å². The van der Waals surface area contributed by atoms with Crippen LogP contribution in [0.4, 0.5) is 0 Å². The van der Waals surface area contributed by atoms with Gasteiger partial charge in [-0.25, -0.2) is 0 Å². The molecule has 1 aromatic carbocycles. The summed E-state index contributed by atoms with van der Waals surface area (Å²) in [5.41, 5.74) is 1.15. The summed E-state index contributed by atoms with van der Waals surface area (Å²) in [7, 11) is 0. The number of carbonyl (C=O) groups is 1. The van der Waals surface area contributed by atoms with Crippen molar-refractivity contribution >= 4 is 5.91 Å². The van der Waals surface area contributed by atoms with Gasteiger partial charge in [0.05, 0.1) is 12.1 Å². The van der Waals surface area contributed by atoms with Crippen molar-refractivity contribution in [2.75, 3.05) is 13.1 Å². The van der Waals surface area contributed by atoms with Gasteiger partial charge in [0.15, 0.2) is 0 Å². The second kappa shape index (κ2) is 6.71. The molecule has 0 saturated carbocycles. The predicted molar refractivity (Wildman–Crippen MR) is 77.9 cm³/mol. The van der Waals surface area contributed by atoms with Crippen molar-refractivity contribution in [3.8, 4) is 0 Å². The molecule has 1 aliphatic heterocycles. The highest BCUT2D eigenvalue weighted by atomic mass is 16.2. The van der Waals surface area contributed by atoms with Crippen LogP contribution in [0.5, 0.6) is 0 Å². The average molecular weight is 260 g/mol. The zero-order valence-electron chi connectivity index (χ0n) is 11.9. The van der Waals surface area contributed by atoms with E-state index in [0.717, 1.165) is 18.7 Å². The Labute approximate surface area is 116 Å². The highest BCUT2D eigenvalue weighted by Gasteiger charge is 2.23.